The van der Waals surface area contributed by atoms with Gasteiger partial charge in [-0.15, -0.1) is 0 Å². The monoisotopic (exact) mass is 226 g/mol. The Hall–Kier alpha value is -0.610. The second kappa shape index (κ2) is 5.64. The van der Waals surface area contributed by atoms with Gasteiger partial charge < -0.3 is 15.4 Å². The number of nitrogens with one attached hydrogen (secondary N) is 2. The number of rotatable bonds is 3. The van der Waals surface area contributed by atoms with Crippen LogP contribution in [0.5, 0.6) is 0 Å². The van der Waals surface area contributed by atoms with E-state index in [0.29, 0.717) is 12.5 Å². The van der Waals surface area contributed by atoms with Gasteiger partial charge in [-0.1, -0.05) is 13.3 Å². The van der Waals surface area contributed by atoms with Crippen LogP contribution in [0.3, 0.4) is 0 Å². The molecular weight excluding hydrogens is 204 g/mol. The fraction of sp³-hybridized carbons (Fsp3) is 0.917. The number of hydrogen-bond acceptors (Lipinski definition) is 3. The predicted octanol–water partition coefficient (Wildman–Crippen LogP) is 0.527. The van der Waals surface area contributed by atoms with E-state index in [1.165, 1.54) is 12.8 Å². The topological polar surface area (TPSA) is 50.4 Å². The average molecular weight is 226 g/mol. The number of hydrogen-bond donors (Lipinski definition) is 2. The Morgan fingerprint density at radius 3 is 3.00 bits per heavy atom. The van der Waals surface area contributed by atoms with Crippen LogP contribution in [0.25, 0.3) is 0 Å². The van der Waals surface area contributed by atoms with Crippen molar-refractivity contribution >= 4 is 5.91 Å². The minimum atomic E-state index is 0.148. The first kappa shape index (κ1) is 11.9. The molecule has 0 aromatic heterocycles. The fourth-order valence-electron chi connectivity index (χ4n) is 2.63. The highest BCUT2D eigenvalue weighted by atomic mass is 16.5. The van der Waals surface area contributed by atoms with Gasteiger partial charge in [-0.3, -0.25) is 4.79 Å². The molecule has 0 radical (unpaired) electrons. The SMILES string of the molecule is CC1CCCC1C(=O)NCC1CNCCO1. The molecule has 1 heterocycles. The van der Waals surface area contributed by atoms with Gasteiger partial charge in [0.25, 0.3) is 0 Å². The van der Waals surface area contributed by atoms with Crippen molar-refractivity contribution in [1.82, 2.24) is 10.6 Å². The third-order valence-corrected chi connectivity index (χ3v) is 3.71. The van der Waals surface area contributed by atoms with Crippen LogP contribution < -0.4 is 10.6 Å². The van der Waals surface area contributed by atoms with Gasteiger partial charge in [-0.2, -0.15) is 0 Å². The number of amides is 1. The number of carbonyl (C=O) groups excluding carboxylic acids is 1. The summed E-state index contributed by atoms with van der Waals surface area (Å²) < 4.78 is 5.54. The van der Waals surface area contributed by atoms with Crippen molar-refractivity contribution in [2.24, 2.45) is 11.8 Å². The molecule has 1 saturated heterocycles. The summed E-state index contributed by atoms with van der Waals surface area (Å²) in [5.74, 6) is 1.00. The molecule has 0 spiro atoms. The lowest BCUT2D eigenvalue weighted by Gasteiger charge is -2.24. The minimum absolute atomic E-state index is 0.148. The lowest BCUT2D eigenvalue weighted by atomic mass is 9.97. The Balaban J connectivity index is 1.70. The van der Waals surface area contributed by atoms with Crippen LogP contribution in [-0.2, 0) is 9.53 Å². The Morgan fingerprint density at radius 2 is 2.38 bits per heavy atom. The number of morpholine rings is 1. The maximum Gasteiger partial charge on any atom is 0.223 e. The van der Waals surface area contributed by atoms with Gasteiger partial charge in [-0.05, 0) is 18.8 Å². The molecule has 1 saturated carbocycles. The molecule has 1 aliphatic carbocycles. The summed E-state index contributed by atoms with van der Waals surface area (Å²) in [6.07, 6.45) is 3.59. The molecule has 0 aromatic rings. The molecule has 16 heavy (non-hydrogen) atoms. The fourth-order valence-corrected chi connectivity index (χ4v) is 2.63. The molecule has 0 aromatic carbocycles. The van der Waals surface area contributed by atoms with Crippen molar-refractivity contribution in [3.63, 3.8) is 0 Å². The highest BCUT2D eigenvalue weighted by Crippen LogP contribution is 2.31. The normalized spacial score (nSPS) is 34.9. The lowest BCUT2D eigenvalue weighted by Crippen LogP contribution is -2.46. The quantitative estimate of drug-likeness (QED) is 0.738. The van der Waals surface area contributed by atoms with E-state index in [0.717, 1.165) is 26.1 Å². The molecule has 3 atom stereocenters. The maximum atomic E-state index is 11.9. The average Bonchev–Trinajstić information content (AvgIpc) is 2.74. The Morgan fingerprint density at radius 1 is 1.50 bits per heavy atom. The second-order valence-corrected chi connectivity index (χ2v) is 4.96. The van der Waals surface area contributed by atoms with E-state index in [2.05, 4.69) is 17.6 Å². The highest BCUT2D eigenvalue weighted by molar-refractivity contribution is 5.79. The zero-order chi connectivity index (χ0) is 11.4. The van der Waals surface area contributed by atoms with Crippen molar-refractivity contribution in [1.29, 1.82) is 0 Å². The molecule has 1 amide bonds. The van der Waals surface area contributed by atoms with Gasteiger partial charge in [0.15, 0.2) is 0 Å². The van der Waals surface area contributed by atoms with Crippen LogP contribution in [0.2, 0.25) is 0 Å². The van der Waals surface area contributed by atoms with E-state index < -0.39 is 0 Å². The van der Waals surface area contributed by atoms with Crippen LogP contribution in [0.15, 0.2) is 0 Å². The van der Waals surface area contributed by atoms with Crippen molar-refractivity contribution in [3.05, 3.63) is 0 Å². The molecule has 2 N–H and O–H groups in total. The first-order valence-corrected chi connectivity index (χ1v) is 6.37. The summed E-state index contributed by atoms with van der Waals surface area (Å²) in [6, 6.07) is 0. The standard InChI is InChI=1S/C12H22N2O2/c1-9-3-2-4-11(9)12(15)14-8-10-7-13-5-6-16-10/h9-11,13H,2-8H2,1H3,(H,14,15). The van der Waals surface area contributed by atoms with E-state index in [1.54, 1.807) is 0 Å². The van der Waals surface area contributed by atoms with Crippen LogP contribution in [0.4, 0.5) is 0 Å². The van der Waals surface area contributed by atoms with Gasteiger partial charge in [-0.25, -0.2) is 0 Å². The molecular formula is C12H22N2O2. The van der Waals surface area contributed by atoms with Crippen molar-refractivity contribution in [2.45, 2.75) is 32.3 Å². The third kappa shape index (κ3) is 2.95. The summed E-state index contributed by atoms with van der Waals surface area (Å²) in [4.78, 5) is 11.9. The molecule has 1 aliphatic heterocycles. The largest absolute Gasteiger partial charge is 0.374 e. The third-order valence-electron chi connectivity index (χ3n) is 3.71. The van der Waals surface area contributed by atoms with Gasteiger partial charge in [0.1, 0.15) is 0 Å². The number of carbonyl (C=O) groups is 1. The highest BCUT2D eigenvalue weighted by Gasteiger charge is 2.29. The summed E-state index contributed by atoms with van der Waals surface area (Å²) in [5, 5.41) is 6.28. The van der Waals surface area contributed by atoms with Crippen LogP contribution >= 0.6 is 0 Å². The lowest BCUT2D eigenvalue weighted by molar-refractivity contribution is -0.126. The van der Waals surface area contributed by atoms with Crippen LogP contribution in [-0.4, -0.2) is 38.3 Å². The first-order valence-electron chi connectivity index (χ1n) is 6.37. The summed E-state index contributed by atoms with van der Waals surface area (Å²) >= 11 is 0. The van der Waals surface area contributed by atoms with Gasteiger partial charge in [0, 0.05) is 25.6 Å². The van der Waals surface area contributed by atoms with E-state index in [-0.39, 0.29) is 17.9 Å². The summed E-state index contributed by atoms with van der Waals surface area (Å²) in [6.45, 7) is 5.34. The van der Waals surface area contributed by atoms with Gasteiger partial charge >= 0.3 is 0 Å². The first-order chi connectivity index (χ1) is 7.77. The molecule has 3 unspecified atom stereocenters. The van der Waals surface area contributed by atoms with Crippen molar-refractivity contribution in [3.8, 4) is 0 Å². The van der Waals surface area contributed by atoms with Crippen molar-refractivity contribution < 1.29 is 9.53 Å². The smallest absolute Gasteiger partial charge is 0.223 e. The molecule has 4 nitrogen and oxygen atoms in total. The summed E-state index contributed by atoms with van der Waals surface area (Å²) in [5.41, 5.74) is 0. The molecule has 2 rings (SSSR count). The van der Waals surface area contributed by atoms with Gasteiger partial charge in [0.05, 0.1) is 12.7 Å². The zero-order valence-electron chi connectivity index (χ0n) is 10.00. The minimum Gasteiger partial charge on any atom is -0.374 e. The van der Waals surface area contributed by atoms with E-state index >= 15 is 0 Å². The Bertz CT molecular complexity index is 239. The Kier molecular flexibility index (Phi) is 4.18. The number of ether oxygens (including phenoxy) is 1. The Labute approximate surface area is 97.1 Å². The summed E-state index contributed by atoms with van der Waals surface area (Å²) in [7, 11) is 0. The predicted molar refractivity (Wildman–Crippen MR) is 62.1 cm³/mol. The van der Waals surface area contributed by atoms with Gasteiger partial charge in [0.2, 0.25) is 5.91 Å². The van der Waals surface area contributed by atoms with E-state index in [1.807, 2.05) is 0 Å². The van der Waals surface area contributed by atoms with Crippen LogP contribution in [0, 0.1) is 11.8 Å². The molecule has 92 valence electrons. The maximum absolute atomic E-state index is 11.9. The molecule has 2 aliphatic rings. The van der Waals surface area contributed by atoms with E-state index in [4.69, 9.17) is 4.74 Å². The molecule has 2 fully saturated rings. The zero-order valence-corrected chi connectivity index (χ0v) is 10.00. The van der Waals surface area contributed by atoms with Crippen molar-refractivity contribution in [2.75, 3.05) is 26.2 Å². The van der Waals surface area contributed by atoms with Crippen LogP contribution in [0.1, 0.15) is 26.2 Å². The molecule has 0 bridgehead atoms. The van der Waals surface area contributed by atoms with E-state index in [9.17, 15) is 4.79 Å². The molecule has 4 heteroatoms. The second-order valence-electron chi connectivity index (χ2n) is 4.96.